The summed E-state index contributed by atoms with van der Waals surface area (Å²) in [6.45, 7) is 0.284. The van der Waals surface area contributed by atoms with Crippen molar-refractivity contribution in [1.82, 2.24) is 47.2 Å². The van der Waals surface area contributed by atoms with Gasteiger partial charge in [-0.05, 0) is 102 Å². The molecule has 0 radical (unpaired) electrons. The zero-order valence-electron chi connectivity index (χ0n) is 45.2. The smallest absolute Gasteiger partial charge is 0.246 e. The number of rotatable bonds is 29. The lowest BCUT2D eigenvalue weighted by Gasteiger charge is -2.32. The zero-order chi connectivity index (χ0) is 58.8. The molecule has 0 unspecified atom stereocenters. The summed E-state index contributed by atoms with van der Waals surface area (Å²) in [5, 5.41) is 22.6. The summed E-state index contributed by atoms with van der Waals surface area (Å²) in [6.07, 6.45) is 7.59. The molecule has 0 bridgehead atoms. The Bertz CT molecular complexity index is 3200. The summed E-state index contributed by atoms with van der Waals surface area (Å²) in [5.74, 6) is -6.19. The minimum Gasteiger partial charge on any atom is -0.368 e. The number of hydrogen-bond acceptors (Lipinski definition) is 13. The van der Waals surface area contributed by atoms with E-state index in [0.29, 0.717) is 41.8 Å². The zero-order valence-corrected chi connectivity index (χ0v) is 47.8. The normalized spacial score (nSPS) is 15.4. The van der Waals surface area contributed by atoms with Crippen LogP contribution < -0.4 is 54.4 Å². The average molecular weight is 1180 g/mol. The van der Waals surface area contributed by atoms with Gasteiger partial charge in [0.2, 0.25) is 47.3 Å². The number of aromatic nitrogens is 2. The van der Waals surface area contributed by atoms with E-state index < -0.39 is 95.1 Å². The van der Waals surface area contributed by atoms with Gasteiger partial charge in [-0.15, -0.1) is 0 Å². The number of primary amides is 1. The van der Waals surface area contributed by atoms with Gasteiger partial charge in [-0.2, -0.15) is 25.3 Å². The van der Waals surface area contributed by atoms with Crippen LogP contribution in [0.4, 0.5) is 0 Å². The molecule has 4 aromatic carbocycles. The largest absolute Gasteiger partial charge is 0.368 e. The third kappa shape index (κ3) is 17.0. The molecule has 2 aromatic heterocycles. The van der Waals surface area contributed by atoms with Gasteiger partial charge in [0.25, 0.3) is 0 Å². The highest BCUT2D eigenvalue weighted by Crippen LogP contribution is 2.31. The highest BCUT2D eigenvalue weighted by Gasteiger charge is 2.45. The summed E-state index contributed by atoms with van der Waals surface area (Å²) in [6, 6.07) is 22.4. The molecule has 6 aromatic rings. The highest BCUT2D eigenvalue weighted by atomic mass is 35.5. The fraction of sp³-hybridized carbons (Fsp3) is 0.373. The maximum Gasteiger partial charge on any atom is 0.246 e. The molecule has 82 heavy (non-hydrogen) atoms. The average Bonchev–Trinajstić information content (AvgIpc) is 4.35. The maximum atomic E-state index is 14.7. The molecule has 434 valence electrons. The van der Waals surface area contributed by atoms with Crippen LogP contribution >= 0.6 is 36.9 Å². The fourth-order valence-electron chi connectivity index (χ4n) is 10.0. The Balaban J connectivity index is 1.06. The van der Waals surface area contributed by atoms with Crippen LogP contribution in [0.25, 0.3) is 21.7 Å². The molecule has 8 amide bonds. The minimum absolute atomic E-state index is 0.0180. The van der Waals surface area contributed by atoms with E-state index in [9.17, 15) is 38.4 Å². The molecule has 1 aliphatic carbocycles. The molecule has 1 aliphatic rings. The van der Waals surface area contributed by atoms with Gasteiger partial charge in [-0.1, -0.05) is 103 Å². The van der Waals surface area contributed by atoms with Crippen LogP contribution in [0.1, 0.15) is 67.2 Å². The Morgan fingerprint density at radius 2 is 1.18 bits per heavy atom. The summed E-state index contributed by atoms with van der Waals surface area (Å²) in [7, 11) is 0. The Morgan fingerprint density at radius 1 is 0.598 bits per heavy atom. The summed E-state index contributed by atoms with van der Waals surface area (Å²) >= 11 is 14.9. The number of benzene rings is 4. The van der Waals surface area contributed by atoms with Crippen molar-refractivity contribution >= 4 is 106 Å². The fourth-order valence-corrected chi connectivity index (χ4v) is 10.6. The van der Waals surface area contributed by atoms with Crippen LogP contribution in [-0.2, 0) is 64.0 Å². The van der Waals surface area contributed by atoms with Crippen LogP contribution in [0.2, 0.25) is 5.02 Å². The maximum absolute atomic E-state index is 14.7. The highest BCUT2D eigenvalue weighted by molar-refractivity contribution is 7.80. The first-order valence-electron chi connectivity index (χ1n) is 27.3. The molecule has 0 aliphatic heterocycles. The van der Waals surface area contributed by atoms with E-state index in [2.05, 4.69) is 72.4 Å². The number of nitrogens with zero attached hydrogens (tertiary/aromatic N) is 1. The third-order valence-electron chi connectivity index (χ3n) is 14.6. The Morgan fingerprint density at radius 3 is 1.85 bits per heavy atom. The number of nitrogens with one attached hydrogen (secondary N) is 8. The van der Waals surface area contributed by atoms with Gasteiger partial charge in [0.05, 0.1) is 6.04 Å². The lowest BCUT2D eigenvalue weighted by molar-refractivity contribution is -0.137. The predicted octanol–water partition coefficient (Wildman–Crippen LogP) is 2.78. The number of fused-ring (bicyclic) bond motifs is 2. The van der Waals surface area contributed by atoms with E-state index in [0.717, 1.165) is 32.8 Å². The summed E-state index contributed by atoms with van der Waals surface area (Å²) < 4.78 is 0. The van der Waals surface area contributed by atoms with E-state index >= 15 is 0 Å². The van der Waals surface area contributed by atoms with Gasteiger partial charge >= 0.3 is 0 Å². The number of nitrogens with two attached hydrogens (primary N) is 3. The number of carbonyl (C=O) groups excluding carboxylic acids is 8. The molecule has 1 saturated carbocycles. The number of hydrogen-bond donors (Lipinski definition) is 13. The number of para-hydroxylation sites is 1. The molecule has 1 fully saturated rings. The lowest BCUT2D eigenvalue weighted by atomic mass is 9.94. The Hall–Kier alpha value is -7.50. The summed E-state index contributed by atoms with van der Waals surface area (Å²) in [4.78, 5) is 120. The molecule has 7 rings (SSSR count). The first-order chi connectivity index (χ1) is 39.5. The number of aromatic amines is 1. The van der Waals surface area contributed by atoms with Gasteiger partial charge in [-0.3, -0.25) is 43.3 Å². The molecule has 0 spiro atoms. The van der Waals surface area contributed by atoms with Crippen LogP contribution in [0.15, 0.2) is 122 Å². The van der Waals surface area contributed by atoms with Crippen molar-refractivity contribution in [2.24, 2.45) is 17.2 Å². The second kappa shape index (κ2) is 30.0. The molecule has 23 heteroatoms. The van der Waals surface area contributed by atoms with Crippen molar-refractivity contribution in [3.05, 3.63) is 149 Å². The van der Waals surface area contributed by atoms with E-state index in [4.69, 9.17) is 28.8 Å². The third-order valence-corrected chi connectivity index (χ3v) is 15.6. The molecule has 20 nitrogen and oxygen atoms in total. The second-order valence-corrected chi connectivity index (χ2v) is 21.8. The number of pyridine rings is 1. The summed E-state index contributed by atoms with van der Waals surface area (Å²) in [5.41, 5.74) is 20.1. The predicted molar refractivity (Wildman–Crippen MR) is 321 cm³/mol. The SMILES string of the molecule is NCCCC[C@H](NC(=O)[C@@H](Cc1c[nH]c2ccccc12)NC(=O)[C@@H](CS)NC(=O)[C@H](Cc1cccnc1)NC(=O)[C@H](N)Cc1ccc(Cl)cc1)C(=O)N[C@H](CS)C(=O)NC1(C(=O)N[C@@H](Cc2ccc3ccccc3c2)C(N)=O)CCCC1. The van der Waals surface area contributed by atoms with Gasteiger partial charge in [0.15, 0.2) is 0 Å². The Kier molecular flexibility index (Phi) is 22.7. The van der Waals surface area contributed by atoms with E-state index in [1.54, 1.807) is 55.0 Å². The Labute approximate surface area is 491 Å². The van der Waals surface area contributed by atoms with Crippen LogP contribution in [0.5, 0.6) is 0 Å². The van der Waals surface area contributed by atoms with Crippen molar-refractivity contribution in [3.8, 4) is 0 Å². The number of unbranched alkanes of at least 4 members (excludes halogenated alkanes) is 1. The number of thiol groups is 2. The monoisotopic (exact) mass is 1170 g/mol. The van der Waals surface area contributed by atoms with Crippen LogP contribution in [0, 0.1) is 0 Å². The molecule has 0 saturated heterocycles. The van der Waals surface area contributed by atoms with E-state index in [-0.39, 0.29) is 63.0 Å². The van der Waals surface area contributed by atoms with Crippen molar-refractivity contribution in [3.63, 3.8) is 0 Å². The van der Waals surface area contributed by atoms with Crippen molar-refractivity contribution in [2.45, 2.75) is 118 Å². The van der Waals surface area contributed by atoms with E-state index in [1.165, 1.54) is 0 Å². The number of carbonyl (C=O) groups is 8. The first kappa shape index (κ1) is 62.1. The second-order valence-electron chi connectivity index (χ2n) is 20.6. The van der Waals surface area contributed by atoms with Gasteiger partial charge < -0.3 is 59.4 Å². The topological polar surface area (TPSA) is 328 Å². The molecule has 7 atom stereocenters. The van der Waals surface area contributed by atoms with E-state index in [1.807, 2.05) is 66.7 Å². The lowest BCUT2D eigenvalue weighted by Crippen LogP contribution is -2.64. The minimum atomic E-state index is -1.44. The molecular weight excluding hydrogens is 1100 g/mol. The molecule has 14 N–H and O–H groups in total. The van der Waals surface area contributed by atoms with Crippen LogP contribution in [-0.4, -0.2) is 123 Å². The van der Waals surface area contributed by atoms with Crippen molar-refractivity contribution in [1.29, 1.82) is 0 Å². The molecular formula is C59H71ClN12O8S2. The van der Waals surface area contributed by atoms with Gasteiger partial charge in [0, 0.05) is 65.3 Å². The van der Waals surface area contributed by atoms with Crippen molar-refractivity contribution in [2.75, 3.05) is 18.1 Å². The standard InChI is InChI=1S/C59H71ClN12O8S2/c60-41-20-17-35(18-21-41)27-43(62)52(74)67-47(29-37-10-9-25-64-31-37)54(76)69-49(33-81)56(78)68-48(30-40-32-65-44-14-4-3-13-42(40)44)55(77)66-45(15-5-8-24-61)53(75)70-50(34-82)57(79)72-59(22-6-7-23-59)58(80)71-46(51(63)73)28-36-16-19-38-11-1-2-12-39(38)26-36/h1-4,9-14,16-21,25-26,31-32,43,45-50,65,81-82H,5-8,15,22-24,27-30,33-34,61-62H2,(H2,63,73)(H,66,77)(H,67,74)(H,68,78)(H,69,76)(H,70,75)(H,71,80)(H,72,79)/t43-,45+,46+,47+,48-,49-,50-/m1/s1. The number of H-pyrrole nitrogens is 1. The van der Waals surface area contributed by atoms with Crippen LogP contribution in [0.3, 0.4) is 0 Å². The molecule has 2 heterocycles. The first-order valence-corrected chi connectivity index (χ1v) is 28.9. The number of halogens is 1. The van der Waals surface area contributed by atoms with Gasteiger partial charge in [-0.25, -0.2) is 0 Å². The van der Waals surface area contributed by atoms with Gasteiger partial charge in [0.1, 0.15) is 41.8 Å². The van der Waals surface area contributed by atoms with Crippen molar-refractivity contribution < 1.29 is 38.4 Å². The number of amides is 8. The quantitative estimate of drug-likeness (QED) is 0.0239.